The van der Waals surface area contributed by atoms with Gasteiger partial charge in [0.05, 0.1) is 19.4 Å². The van der Waals surface area contributed by atoms with E-state index in [-0.39, 0.29) is 41.8 Å². The van der Waals surface area contributed by atoms with Crippen molar-refractivity contribution < 1.29 is 9.13 Å². The fourth-order valence-corrected chi connectivity index (χ4v) is 3.35. The number of rotatable bonds is 7. The van der Waals surface area contributed by atoms with Crippen LogP contribution in [0.2, 0.25) is 0 Å². The monoisotopic (exact) mass is 387 g/mol. The van der Waals surface area contributed by atoms with Crippen LogP contribution >= 0.6 is 0 Å². The van der Waals surface area contributed by atoms with E-state index in [1.54, 1.807) is 18.4 Å². The van der Waals surface area contributed by atoms with E-state index in [1.165, 1.54) is 13.2 Å². The van der Waals surface area contributed by atoms with Gasteiger partial charge in [-0.25, -0.2) is 9.82 Å². The molecular formula is C19H26FN7O. The number of nitrogens with zero attached hydrogens (tertiary/aromatic N) is 5. The molecule has 2 unspecified atom stereocenters. The first-order valence-electron chi connectivity index (χ1n) is 9.28. The second-order valence-corrected chi connectivity index (χ2v) is 7.18. The first-order valence-corrected chi connectivity index (χ1v) is 9.28. The van der Waals surface area contributed by atoms with Gasteiger partial charge in [0.1, 0.15) is 5.83 Å². The van der Waals surface area contributed by atoms with E-state index in [9.17, 15) is 4.39 Å². The highest BCUT2D eigenvalue weighted by Crippen LogP contribution is 2.28. The van der Waals surface area contributed by atoms with Crippen LogP contribution in [0.5, 0.6) is 6.01 Å². The van der Waals surface area contributed by atoms with E-state index in [4.69, 9.17) is 4.74 Å². The fourth-order valence-electron chi connectivity index (χ4n) is 3.35. The van der Waals surface area contributed by atoms with Gasteiger partial charge in [-0.3, -0.25) is 0 Å². The molecule has 2 heterocycles. The van der Waals surface area contributed by atoms with Gasteiger partial charge < -0.3 is 15.0 Å². The lowest BCUT2D eigenvalue weighted by atomic mass is 9.91. The van der Waals surface area contributed by atoms with Gasteiger partial charge in [0.25, 0.3) is 5.95 Å². The molecule has 0 aromatic carbocycles. The molecule has 0 bridgehead atoms. The normalized spacial score (nSPS) is 20.9. The number of methoxy groups -OCH3 is 1. The summed E-state index contributed by atoms with van der Waals surface area (Å²) in [5.74, 6) is 0.458. The molecule has 1 aliphatic carbocycles. The Balaban J connectivity index is 1.76. The molecular weight excluding hydrogens is 361 g/mol. The van der Waals surface area contributed by atoms with Gasteiger partial charge in [-0.15, -0.1) is 0 Å². The number of hydrogen-bond donors (Lipinski definition) is 2. The van der Waals surface area contributed by atoms with Crippen LogP contribution in [0.1, 0.15) is 27.7 Å². The summed E-state index contributed by atoms with van der Waals surface area (Å²) in [6, 6.07) is 0.668. The van der Waals surface area contributed by atoms with Crippen molar-refractivity contribution in [2.75, 3.05) is 17.4 Å². The van der Waals surface area contributed by atoms with Crippen molar-refractivity contribution in [3.8, 4) is 6.01 Å². The minimum absolute atomic E-state index is 0.0514. The van der Waals surface area contributed by atoms with Crippen LogP contribution in [0.25, 0.3) is 0 Å². The summed E-state index contributed by atoms with van der Waals surface area (Å²) in [5.41, 5.74) is 3.69. The molecule has 2 N–H and O–H groups in total. The predicted molar refractivity (Wildman–Crippen MR) is 108 cm³/mol. The van der Waals surface area contributed by atoms with Gasteiger partial charge >= 0.3 is 6.01 Å². The third-order valence-corrected chi connectivity index (χ3v) is 4.52. The number of fused-ring (bicyclic) bond motifs is 1. The van der Waals surface area contributed by atoms with Crippen molar-refractivity contribution in [3.05, 3.63) is 35.8 Å². The zero-order valence-corrected chi connectivity index (χ0v) is 16.7. The second kappa shape index (κ2) is 8.37. The molecule has 0 spiro atoms. The summed E-state index contributed by atoms with van der Waals surface area (Å²) < 4.78 is 18.7. The highest BCUT2D eigenvalue weighted by atomic mass is 19.1. The first kappa shape index (κ1) is 19.8. The summed E-state index contributed by atoms with van der Waals surface area (Å²) in [6.07, 6.45) is 8.32. The molecule has 2 atom stereocenters. The van der Waals surface area contributed by atoms with Crippen LogP contribution in [-0.2, 0) is 0 Å². The number of halogens is 1. The van der Waals surface area contributed by atoms with Crippen molar-refractivity contribution >= 4 is 18.1 Å². The number of nitrogens with one attached hydrogen (secondary N) is 2. The Morgan fingerprint density at radius 3 is 2.68 bits per heavy atom. The van der Waals surface area contributed by atoms with Crippen LogP contribution in [0.15, 0.2) is 40.9 Å². The Bertz CT molecular complexity index is 824. The molecule has 0 radical (unpaired) electrons. The van der Waals surface area contributed by atoms with E-state index in [2.05, 4.69) is 63.4 Å². The van der Waals surface area contributed by atoms with Crippen molar-refractivity contribution in [2.45, 2.75) is 45.8 Å². The SMILES string of the molecule is COc1nc(N/N=C/C2=CNC3C=CC(F)=CC23)nc(N(C(C)C)C(C)C)n1. The molecule has 0 saturated carbocycles. The van der Waals surface area contributed by atoms with Crippen LogP contribution in [0.3, 0.4) is 0 Å². The molecule has 1 aromatic rings. The van der Waals surface area contributed by atoms with Gasteiger partial charge in [0.15, 0.2) is 0 Å². The van der Waals surface area contributed by atoms with Gasteiger partial charge in [-0.2, -0.15) is 20.1 Å². The van der Waals surface area contributed by atoms with Gasteiger partial charge in [0, 0.05) is 24.2 Å². The van der Waals surface area contributed by atoms with Crippen molar-refractivity contribution in [3.63, 3.8) is 0 Å². The Morgan fingerprint density at radius 2 is 2.00 bits per heavy atom. The molecule has 8 nitrogen and oxygen atoms in total. The number of allylic oxidation sites excluding steroid dienone is 2. The maximum atomic E-state index is 13.5. The Kier molecular flexibility index (Phi) is 5.91. The standard InChI is InChI=1S/C19H26FN7O/c1-11(2)27(12(3)4)18-23-17(24-19(25-18)28-5)26-22-10-13-9-21-16-7-6-14(20)8-15(13)16/h6-12,15-16,21H,1-5H3,(H,23,24,25,26)/b22-10+. The average Bonchev–Trinajstić information content (AvgIpc) is 3.03. The zero-order valence-electron chi connectivity index (χ0n) is 16.7. The molecule has 2 aliphatic rings. The quantitative estimate of drug-likeness (QED) is 0.549. The van der Waals surface area contributed by atoms with Crippen LogP contribution in [-0.4, -0.2) is 46.4 Å². The minimum Gasteiger partial charge on any atom is -0.467 e. The molecule has 1 aromatic heterocycles. The predicted octanol–water partition coefficient (Wildman–Crippen LogP) is 2.80. The molecule has 3 rings (SSSR count). The fraction of sp³-hybridized carbons (Fsp3) is 0.474. The maximum absolute atomic E-state index is 13.5. The lowest BCUT2D eigenvalue weighted by Gasteiger charge is -2.30. The highest BCUT2D eigenvalue weighted by Gasteiger charge is 2.28. The highest BCUT2D eigenvalue weighted by molar-refractivity contribution is 5.81. The third kappa shape index (κ3) is 4.29. The van der Waals surface area contributed by atoms with E-state index in [0.29, 0.717) is 5.95 Å². The summed E-state index contributed by atoms with van der Waals surface area (Å²) in [5, 5.41) is 7.42. The zero-order chi connectivity index (χ0) is 20.3. The molecule has 0 amide bonds. The van der Waals surface area contributed by atoms with E-state index in [1.807, 2.05) is 6.20 Å². The molecule has 150 valence electrons. The van der Waals surface area contributed by atoms with Crippen molar-refractivity contribution in [1.82, 2.24) is 20.3 Å². The average molecular weight is 387 g/mol. The molecule has 9 heteroatoms. The van der Waals surface area contributed by atoms with Gasteiger partial charge in [-0.1, -0.05) is 6.08 Å². The second-order valence-electron chi connectivity index (χ2n) is 7.18. The largest absolute Gasteiger partial charge is 0.467 e. The van der Waals surface area contributed by atoms with Gasteiger partial charge in [-0.05, 0) is 45.4 Å². The number of hydrogen-bond acceptors (Lipinski definition) is 8. The minimum atomic E-state index is -0.244. The molecule has 0 fully saturated rings. The van der Waals surface area contributed by atoms with Gasteiger partial charge in [0.2, 0.25) is 5.95 Å². The smallest absolute Gasteiger partial charge is 0.322 e. The summed E-state index contributed by atoms with van der Waals surface area (Å²) in [6.45, 7) is 8.29. The van der Waals surface area contributed by atoms with E-state index >= 15 is 0 Å². The van der Waals surface area contributed by atoms with E-state index in [0.717, 1.165) is 5.57 Å². The summed E-state index contributed by atoms with van der Waals surface area (Å²) in [7, 11) is 1.51. The lowest BCUT2D eigenvalue weighted by Crippen LogP contribution is -2.38. The number of aromatic nitrogens is 3. The molecule has 0 saturated heterocycles. The van der Waals surface area contributed by atoms with Crippen LogP contribution < -0.4 is 20.4 Å². The van der Waals surface area contributed by atoms with E-state index < -0.39 is 0 Å². The molecule has 28 heavy (non-hydrogen) atoms. The Labute approximate surface area is 164 Å². The van der Waals surface area contributed by atoms with Crippen molar-refractivity contribution in [2.24, 2.45) is 11.0 Å². The third-order valence-electron chi connectivity index (χ3n) is 4.52. The number of ether oxygens (including phenoxy) is 1. The number of hydrazone groups is 1. The Morgan fingerprint density at radius 1 is 1.25 bits per heavy atom. The van der Waals surface area contributed by atoms with Crippen LogP contribution in [0.4, 0.5) is 16.3 Å². The lowest BCUT2D eigenvalue weighted by molar-refractivity contribution is 0.377. The molecule has 1 aliphatic heterocycles. The van der Waals surface area contributed by atoms with Crippen molar-refractivity contribution in [1.29, 1.82) is 0 Å². The summed E-state index contributed by atoms with van der Waals surface area (Å²) in [4.78, 5) is 15.1. The topological polar surface area (TPSA) is 87.6 Å². The van der Waals surface area contributed by atoms with Crippen LogP contribution in [0, 0.1) is 5.92 Å². The Hall–Kier alpha value is -2.97. The summed E-state index contributed by atoms with van der Waals surface area (Å²) >= 11 is 0. The first-order chi connectivity index (χ1) is 13.4. The number of anilines is 2. The maximum Gasteiger partial charge on any atom is 0.322 e.